The minimum absolute atomic E-state index is 0.263. The molecule has 2 N–H and O–H groups in total. The van der Waals surface area contributed by atoms with Crippen molar-refractivity contribution in [3.05, 3.63) is 18.2 Å². The second-order valence-corrected chi connectivity index (χ2v) is 6.39. The Bertz CT molecular complexity index is 495. The first-order valence-electron chi connectivity index (χ1n) is 5.63. The van der Waals surface area contributed by atoms with Gasteiger partial charge in [0.05, 0.1) is 16.3 Å². The van der Waals surface area contributed by atoms with Crippen LogP contribution in [0.1, 0.15) is 20.8 Å². The maximum Gasteiger partial charge on any atom is 0.175 e. The maximum atomic E-state index is 11.4. The van der Waals surface area contributed by atoms with Crippen molar-refractivity contribution in [1.82, 2.24) is 0 Å². The minimum Gasteiger partial charge on any atom is -0.397 e. The number of benzene rings is 1. The molecule has 1 aromatic rings. The number of rotatable bonds is 4. The lowest BCUT2D eigenvalue weighted by Gasteiger charge is -2.28. The standard InChI is InChI=1S/C12H20N2O2S/c1-5-14(9(2)3)12-7-6-10(8-11(12)13)17(4,15)16/h6-9H,5,13H2,1-4H3. The van der Waals surface area contributed by atoms with Gasteiger partial charge in [0.1, 0.15) is 0 Å². The Morgan fingerprint density at radius 2 is 1.94 bits per heavy atom. The van der Waals surface area contributed by atoms with Gasteiger partial charge in [-0.15, -0.1) is 0 Å². The molecule has 0 amide bonds. The molecule has 0 radical (unpaired) electrons. The van der Waals surface area contributed by atoms with Crippen LogP contribution in [0.3, 0.4) is 0 Å². The van der Waals surface area contributed by atoms with Gasteiger partial charge in [0.15, 0.2) is 9.84 Å². The van der Waals surface area contributed by atoms with Crippen LogP contribution in [0.25, 0.3) is 0 Å². The van der Waals surface area contributed by atoms with Gasteiger partial charge in [-0.2, -0.15) is 0 Å². The van der Waals surface area contributed by atoms with Gasteiger partial charge in [-0.1, -0.05) is 0 Å². The first-order chi connectivity index (χ1) is 7.77. The predicted octanol–water partition coefficient (Wildman–Crippen LogP) is 1.91. The molecule has 0 saturated heterocycles. The van der Waals surface area contributed by atoms with E-state index in [9.17, 15) is 8.42 Å². The summed E-state index contributed by atoms with van der Waals surface area (Å²) in [4.78, 5) is 2.39. The van der Waals surface area contributed by atoms with Crippen LogP contribution in [0, 0.1) is 0 Å². The largest absolute Gasteiger partial charge is 0.397 e. The summed E-state index contributed by atoms with van der Waals surface area (Å²) in [5, 5.41) is 0. The van der Waals surface area contributed by atoms with E-state index in [1.54, 1.807) is 12.1 Å². The number of anilines is 2. The van der Waals surface area contributed by atoms with Crippen molar-refractivity contribution in [2.24, 2.45) is 0 Å². The average Bonchev–Trinajstić information content (AvgIpc) is 2.19. The lowest BCUT2D eigenvalue weighted by atomic mass is 10.2. The molecule has 0 aliphatic rings. The highest BCUT2D eigenvalue weighted by molar-refractivity contribution is 7.90. The van der Waals surface area contributed by atoms with E-state index >= 15 is 0 Å². The molecule has 96 valence electrons. The van der Waals surface area contributed by atoms with E-state index < -0.39 is 9.84 Å². The van der Waals surface area contributed by atoms with E-state index in [0.717, 1.165) is 12.2 Å². The topological polar surface area (TPSA) is 63.4 Å². The van der Waals surface area contributed by atoms with Crippen molar-refractivity contribution in [2.45, 2.75) is 31.7 Å². The highest BCUT2D eigenvalue weighted by Crippen LogP contribution is 2.27. The smallest absolute Gasteiger partial charge is 0.175 e. The zero-order chi connectivity index (χ0) is 13.2. The van der Waals surface area contributed by atoms with Gasteiger partial charge in [0.2, 0.25) is 0 Å². The quantitative estimate of drug-likeness (QED) is 0.836. The van der Waals surface area contributed by atoms with Gasteiger partial charge in [-0.3, -0.25) is 0 Å². The highest BCUT2D eigenvalue weighted by Gasteiger charge is 2.14. The number of hydrogen-bond donors (Lipinski definition) is 1. The molecule has 0 saturated carbocycles. The van der Waals surface area contributed by atoms with Crippen molar-refractivity contribution in [2.75, 3.05) is 23.4 Å². The SMILES string of the molecule is CCN(c1ccc(S(C)(=O)=O)cc1N)C(C)C. The number of nitrogens with two attached hydrogens (primary N) is 1. The van der Waals surface area contributed by atoms with E-state index in [-0.39, 0.29) is 4.90 Å². The summed E-state index contributed by atoms with van der Waals surface area (Å²) in [6, 6.07) is 5.23. The second kappa shape index (κ2) is 4.96. The molecule has 0 unspecified atom stereocenters. The Labute approximate surface area is 103 Å². The summed E-state index contributed by atoms with van der Waals surface area (Å²) in [5.74, 6) is 0. The van der Waals surface area contributed by atoms with Crippen molar-refractivity contribution >= 4 is 21.2 Å². The molecule has 0 spiro atoms. The average molecular weight is 256 g/mol. The molecule has 4 nitrogen and oxygen atoms in total. The van der Waals surface area contributed by atoms with Crippen molar-refractivity contribution in [3.63, 3.8) is 0 Å². The van der Waals surface area contributed by atoms with E-state index in [1.807, 2.05) is 6.92 Å². The molecular weight excluding hydrogens is 236 g/mol. The van der Waals surface area contributed by atoms with Crippen LogP contribution in [-0.4, -0.2) is 27.3 Å². The number of nitrogens with zero attached hydrogens (tertiary/aromatic N) is 1. The zero-order valence-electron chi connectivity index (χ0n) is 10.8. The molecule has 0 heterocycles. The zero-order valence-corrected chi connectivity index (χ0v) is 11.6. The number of nitrogen functional groups attached to an aromatic ring is 1. The van der Waals surface area contributed by atoms with Crippen LogP contribution >= 0.6 is 0 Å². The minimum atomic E-state index is -3.19. The van der Waals surface area contributed by atoms with Crippen LogP contribution in [0.4, 0.5) is 11.4 Å². The summed E-state index contributed by atoms with van der Waals surface area (Å²) in [5.41, 5.74) is 7.31. The molecule has 17 heavy (non-hydrogen) atoms. The van der Waals surface area contributed by atoms with Gasteiger partial charge in [-0.05, 0) is 39.0 Å². The highest BCUT2D eigenvalue weighted by atomic mass is 32.2. The van der Waals surface area contributed by atoms with Gasteiger partial charge in [0, 0.05) is 18.8 Å². The van der Waals surface area contributed by atoms with Crippen molar-refractivity contribution in [3.8, 4) is 0 Å². The molecule has 5 heteroatoms. The Hall–Kier alpha value is -1.23. The van der Waals surface area contributed by atoms with Crippen molar-refractivity contribution < 1.29 is 8.42 Å². The van der Waals surface area contributed by atoms with Crippen LogP contribution in [-0.2, 0) is 9.84 Å². The third kappa shape index (κ3) is 3.12. The molecule has 0 bridgehead atoms. The van der Waals surface area contributed by atoms with Crippen LogP contribution in [0.2, 0.25) is 0 Å². The Kier molecular flexibility index (Phi) is 4.03. The van der Waals surface area contributed by atoms with Crippen LogP contribution in [0.5, 0.6) is 0 Å². The molecule has 1 aromatic carbocycles. The fraction of sp³-hybridized carbons (Fsp3) is 0.500. The third-order valence-corrected chi connectivity index (χ3v) is 3.81. The molecule has 0 aromatic heterocycles. The van der Waals surface area contributed by atoms with E-state index in [0.29, 0.717) is 11.7 Å². The normalized spacial score (nSPS) is 11.8. The van der Waals surface area contributed by atoms with Gasteiger partial charge in [0.25, 0.3) is 0 Å². The predicted molar refractivity (Wildman–Crippen MR) is 72.1 cm³/mol. The van der Waals surface area contributed by atoms with Gasteiger partial charge < -0.3 is 10.6 Å². The fourth-order valence-corrected chi connectivity index (χ4v) is 2.49. The van der Waals surface area contributed by atoms with Gasteiger partial charge in [-0.25, -0.2) is 8.42 Å². The van der Waals surface area contributed by atoms with Gasteiger partial charge >= 0.3 is 0 Å². The van der Waals surface area contributed by atoms with E-state index in [1.165, 1.54) is 12.3 Å². The Morgan fingerprint density at radius 3 is 2.29 bits per heavy atom. The van der Waals surface area contributed by atoms with Crippen LogP contribution < -0.4 is 10.6 Å². The first-order valence-corrected chi connectivity index (χ1v) is 7.52. The van der Waals surface area contributed by atoms with Crippen LogP contribution in [0.15, 0.2) is 23.1 Å². The first kappa shape index (κ1) is 13.8. The molecular formula is C12H20N2O2S. The third-order valence-electron chi connectivity index (χ3n) is 2.70. The summed E-state index contributed by atoms with van der Waals surface area (Å²) >= 11 is 0. The Balaban J connectivity index is 3.22. The number of sulfone groups is 1. The maximum absolute atomic E-state index is 11.4. The lowest BCUT2D eigenvalue weighted by Crippen LogP contribution is -2.31. The summed E-state index contributed by atoms with van der Waals surface area (Å²) < 4.78 is 22.8. The molecule has 0 atom stereocenters. The van der Waals surface area contributed by atoms with E-state index in [2.05, 4.69) is 18.7 Å². The fourth-order valence-electron chi connectivity index (χ4n) is 1.84. The molecule has 0 aliphatic carbocycles. The second-order valence-electron chi connectivity index (χ2n) is 4.37. The monoisotopic (exact) mass is 256 g/mol. The van der Waals surface area contributed by atoms with Crippen molar-refractivity contribution in [1.29, 1.82) is 0 Å². The lowest BCUT2D eigenvalue weighted by molar-refractivity contribution is 0.602. The molecule has 1 rings (SSSR count). The number of hydrogen-bond acceptors (Lipinski definition) is 4. The Morgan fingerprint density at radius 1 is 1.35 bits per heavy atom. The summed E-state index contributed by atoms with van der Waals surface area (Å²) in [7, 11) is -3.19. The summed E-state index contributed by atoms with van der Waals surface area (Å²) in [6.07, 6.45) is 1.18. The molecule has 0 fully saturated rings. The molecule has 0 aliphatic heterocycles. The summed E-state index contributed by atoms with van der Waals surface area (Å²) in [6.45, 7) is 7.03. The van der Waals surface area contributed by atoms with E-state index in [4.69, 9.17) is 5.73 Å².